The molecular weight excluding hydrogens is 496 g/mol. The van der Waals surface area contributed by atoms with E-state index in [1.165, 1.54) is 0 Å². The van der Waals surface area contributed by atoms with Gasteiger partial charge in [0.25, 0.3) is 0 Å². The quantitative estimate of drug-likeness (QED) is 0.219. The van der Waals surface area contributed by atoms with Gasteiger partial charge in [0.05, 0.1) is 11.0 Å². The Balaban J connectivity index is 1.29. The van der Waals surface area contributed by atoms with Crippen LogP contribution in [0.5, 0.6) is 0 Å². The molecule has 1 aliphatic rings. The molecule has 0 spiro atoms. The van der Waals surface area contributed by atoms with Crippen molar-refractivity contribution in [3.05, 3.63) is 89.7 Å². The van der Waals surface area contributed by atoms with Crippen LogP contribution in [0.2, 0.25) is 0 Å². The molecule has 1 amide bonds. The van der Waals surface area contributed by atoms with E-state index < -0.39 is 23.6 Å². The number of carbonyl (C=O) groups is 2. The predicted octanol–water partition coefficient (Wildman–Crippen LogP) is 6.62. The first-order valence-electron chi connectivity index (χ1n) is 12.7. The molecule has 9 nitrogen and oxygen atoms in total. The lowest BCUT2D eigenvalue weighted by Gasteiger charge is -2.14. The number of aryl methyl sites for hydroxylation is 1. The molecule has 6 rings (SSSR count). The fourth-order valence-corrected chi connectivity index (χ4v) is 4.98. The van der Waals surface area contributed by atoms with Crippen molar-refractivity contribution < 1.29 is 24.0 Å². The normalized spacial score (nSPS) is 14.6. The minimum atomic E-state index is -0.776. The lowest BCUT2D eigenvalue weighted by Crippen LogP contribution is -2.19. The van der Waals surface area contributed by atoms with Crippen molar-refractivity contribution in [2.75, 3.05) is 5.32 Å². The number of carboxylic acid groups (broad SMARTS) is 1. The third-order valence-electron chi connectivity index (χ3n) is 7.40. The summed E-state index contributed by atoms with van der Waals surface area (Å²) in [7, 11) is 0. The largest absolute Gasteiger partial charge is 0.481 e. The number of H-pyrrole nitrogens is 1. The Morgan fingerprint density at radius 1 is 1.05 bits per heavy atom. The fourth-order valence-electron chi connectivity index (χ4n) is 4.98. The number of aromatic nitrogens is 3. The molecule has 3 aromatic carbocycles. The maximum atomic E-state index is 12.8. The van der Waals surface area contributed by atoms with Crippen molar-refractivity contribution >= 4 is 28.7 Å². The highest BCUT2D eigenvalue weighted by molar-refractivity contribution is 6.04. The Bertz CT molecular complexity index is 1680. The first kappa shape index (κ1) is 24.4. The molecule has 0 aliphatic heterocycles. The molecule has 0 saturated heterocycles. The standard InChI is InChI=1S/C30H26N4O5/c1-17-25(32-29(37)38-18(2)19-6-4-3-5-7-19)27(39-34-17)23-13-12-22(24-16-31-33-26(23)24)20-8-10-21(11-9-20)30(14-15-30)28(35)36/h3-13,16,18H,14-15H2,1-2H3,(H,31,33)(H,32,37)(H,35,36). The number of carboxylic acids is 1. The number of fused-ring (bicyclic) bond motifs is 1. The number of rotatable bonds is 7. The van der Waals surface area contributed by atoms with Crippen molar-refractivity contribution in [2.24, 2.45) is 0 Å². The Labute approximate surface area is 223 Å². The Morgan fingerprint density at radius 2 is 1.77 bits per heavy atom. The van der Waals surface area contributed by atoms with Gasteiger partial charge < -0.3 is 14.4 Å². The van der Waals surface area contributed by atoms with Crippen LogP contribution < -0.4 is 5.32 Å². The van der Waals surface area contributed by atoms with Gasteiger partial charge in [-0.15, -0.1) is 0 Å². The molecule has 39 heavy (non-hydrogen) atoms. The predicted molar refractivity (Wildman–Crippen MR) is 145 cm³/mol. The average Bonchev–Trinajstić information content (AvgIpc) is 3.49. The molecule has 1 atom stereocenters. The summed E-state index contributed by atoms with van der Waals surface area (Å²) in [4.78, 5) is 24.5. The SMILES string of the molecule is Cc1noc(-c2ccc(-c3ccc(C4(C(=O)O)CC4)cc3)c3c[nH]nc23)c1NC(=O)OC(C)c1ccccc1. The van der Waals surface area contributed by atoms with Crippen LogP contribution in [0.1, 0.15) is 42.7 Å². The number of amides is 1. The number of nitrogens with one attached hydrogen (secondary N) is 2. The number of benzene rings is 3. The number of anilines is 1. The van der Waals surface area contributed by atoms with Gasteiger partial charge in [-0.2, -0.15) is 5.10 Å². The summed E-state index contributed by atoms with van der Waals surface area (Å²) in [6, 6.07) is 21.0. The Morgan fingerprint density at radius 3 is 2.46 bits per heavy atom. The smallest absolute Gasteiger partial charge is 0.412 e. The average molecular weight is 523 g/mol. The highest BCUT2D eigenvalue weighted by atomic mass is 16.6. The van der Waals surface area contributed by atoms with Gasteiger partial charge in [-0.05, 0) is 55.0 Å². The van der Waals surface area contributed by atoms with E-state index in [1.54, 1.807) is 20.0 Å². The molecule has 0 bridgehead atoms. The third-order valence-corrected chi connectivity index (χ3v) is 7.40. The van der Waals surface area contributed by atoms with Gasteiger partial charge in [0.15, 0.2) is 5.76 Å². The van der Waals surface area contributed by atoms with Gasteiger partial charge in [0.2, 0.25) is 0 Å². The van der Waals surface area contributed by atoms with E-state index >= 15 is 0 Å². The number of hydrogen-bond acceptors (Lipinski definition) is 6. The second-order valence-electron chi connectivity index (χ2n) is 9.83. The van der Waals surface area contributed by atoms with Crippen molar-refractivity contribution in [2.45, 2.75) is 38.2 Å². The molecule has 1 saturated carbocycles. The lowest BCUT2D eigenvalue weighted by molar-refractivity contribution is -0.140. The van der Waals surface area contributed by atoms with Gasteiger partial charge >= 0.3 is 12.1 Å². The van der Waals surface area contributed by atoms with Crippen LogP contribution in [0.25, 0.3) is 33.4 Å². The Kier molecular flexibility index (Phi) is 5.91. The van der Waals surface area contributed by atoms with Crippen LogP contribution in [0, 0.1) is 6.92 Å². The molecule has 1 unspecified atom stereocenters. The van der Waals surface area contributed by atoms with Crippen molar-refractivity contribution in [3.8, 4) is 22.5 Å². The number of aromatic amines is 1. The summed E-state index contributed by atoms with van der Waals surface area (Å²) in [5, 5.41) is 24.7. The summed E-state index contributed by atoms with van der Waals surface area (Å²) in [5.74, 6) is -0.407. The molecule has 196 valence electrons. The highest BCUT2D eigenvalue weighted by Crippen LogP contribution is 2.49. The van der Waals surface area contributed by atoms with E-state index in [0.717, 1.165) is 27.6 Å². The maximum Gasteiger partial charge on any atom is 0.412 e. The molecule has 3 N–H and O–H groups in total. The minimum absolute atomic E-state index is 0.368. The van der Waals surface area contributed by atoms with Gasteiger partial charge in [0.1, 0.15) is 23.0 Å². The summed E-state index contributed by atoms with van der Waals surface area (Å²) in [6.45, 7) is 3.55. The fraction of sp³-hybridized carbons (Fsp3) is 0.200. The zero-order chi connectivity index (χ0) is 27.1. The van der Waals surface area contributed by atoms with Crippen LogP contribution in [0.15, 0.2) is 77.4 Å². The molecule has 1 fully saturated rings. The molecule has 1 aliphatic carbocycles. The number of ether oxygens (including phenoxy) is 1. The van der Waals surface area contributed by atoms with E-state index in [4.69, 9.17) is 9.26 Å². The minimum Gasteiger partial charge on any atom is -0.481 e. The maximum absolute atomic E-state index is 12.8. The number of aliphatic carboxylic acids is 1. The summed E-state index contributed by atoms with van der Waals surface area (Å²) < 4.78 is 11.2. The van der Waals surface area contributed by atoms with Crippen LogP contribution in [-0.2, 0) is 14.9 Å². The number of carbonyl (C=O) groups excluding carboxylic acids is 1. The van der Waals surface area contributed by atoms with E-state index in [2.05, 4.69) is 20.7 Å². The van der Waals surface area contributed by atoms with Gasteiger partial charge in [-0.25, -0.2) is 4.79 Å². The number of hydrogen-bond donors (Lipinski definition) is 3. The third kappa shape index (κ3) is 4.31. The van der Waals surface area contributed by atoms with Crippen molar-refractivity contribution in [1.82, 2.24) is 15.4 Å². The molecule has 2 heterocycles. The van der Waals surface area contributed by atoms with E-state index in [-0.39, 0.29) is 0 Å². The van der Waals surface area contributed by atoms with E-state index in [0.29, 0.717) is 41.1 Å². The molecule has 5 aromatic rings. The van der Waals surface area contributed by atoms with Gasteiger partial charge in [-0.1, -0.05) is 65.8 Å². The zero-order valence-corrected chi connectivity index (χ0v) is 21.4. The second kappa shape index (κ2) is 9.43. The van der Waals surface area contributed by atoms with Crippen LogP contribution in [-0.4, -0.2) is 32.5 Å². The van der Waals surface area contributed by atoms with Gasteiger partial charge in [-0.3, -0.25) is 15.2 Å². The van der Waals surface area contributed by atoms with Crippen LogP contribution in [0.3, 0.4) is 0 Å². The molecule has 0 radical (unpaired) electrons. The Hall–Kier alpha value is -4.92. The lowest BCUT2D eigenvalue weighted by atomic mass is 9.92. The zero-order valence-electron chi connectivity index (χ0n) is 21.4. The monoisotopic (exact) mass is 522 g/mol. The first-order valence-corrected chi connectivity index (χ1v) is 12.7. The summed E-state index contributed by atoms with van der Waals surface area (Å²) in [6.07, 6.45) is 2.06. The molecular formula is C30H26N4O5. The van der Waals surface area contributed by atoms with Crippen molar-refractivity contribution in [1.29, 1.82) is 0 Å². The van der Waals surface area contributed by atoms with Crippen molar-refractivity contribution in [3.63, 3.8) is 0 Å². The topological polar surface area (TPSA) is 130 Å². The number of nitrogens with zero attached hydrogens (tertiary/aromatic N) is 2. The summed E-state index contributed by atoms with van der Waals surface area (Å²) >= 11 is 0. The van der Waals surface area contributed by atoms with Crippen LogP contribution >= 0.6 is 0 Å². The van der Waals surface area contributed by atoms with Crippen LogP contribution in [0.4, 0.5) is 10.5 Å². The second-order valence-corrected chi connectivity index (χ2v) is 9.83. The first-order chi connectivity index (χ1) is 18.9. The van der Waals surface area contributed by atoms with E-state index in [9.17, 15) is 14.7 Å². The van der Waals surface area contributed by atoms with E-state index in [1.807, 2.05) is 66.7 Å². The molecule has 9 heteroatoms. The van der Waals surface area contributed by atoms with Gasteiger partial charge in [0, 0.05) is 11.6 Å². The summed E-state index contributed by atoms with van der Waals surface area (Å²) in [5.41, 5.74) is 5.02. The molecule has 2 aromatic heterocycles. The highest BCUT2D eigenvalue weighted by Gasteiger charge is 2.51.